The largest absolute Gasteiger partial charge is 0.419 e. The third-order valence-electron chi connectivity index (χ3n) is 1.80. The van der Waals surface area contributed by atoms with Crippen LogP contribution in [-0.2, 0) is 12.6 Å². The summed E-state index contributed by atoms with van der Waals surface area (Å²) < 4.78 is 50.4. The van der Waals surface area contributed by atoms with Gasteiger partial charge in [-0.05, 0) is 6.42 Å². The molecule has 0 aliphatic rings. The van der Waals surface area contributed by atoms with Crippen molar-refractivity contribution in [3.63, 3.8) is 0 Å². The van der Waals surface area contributed by atoms with Gasteiger partial charge < -0.3 is 5.73 Å². The van der Waals surface area contributed by atoms with Crippen LogP contribution in [0.1, 0.15) is 18.2 Å². The summed E-state index contributed by atoms with van der Waals surface area (Å²) >= 11 is 5.25. The number of nitrogens with zero attached hydrogens (tertiary/aromatic N) is 1. The van der Waals surface area contributed by atoms with Gasteiger partial charge in [0.1, 0.15) is 0 Å². The van der Waals surface area contributed by atoms with Crippen molar-refractivity contribution < 1.29 is 17.6 Å². The molecule has 0 saturated heterocycles. The van der Waals surface area contributed by atoms with Crippen LogP contribution in [0.2, 0.25) is 5.02 Å². The molecule has 0 spiro atoms. The van der Waals surface area contributed by atoms with Crippen LogP contribution < -0.4 is 5.73 Å². The van der Waals surface area contributed by atoms with Crippen LogP contribution in [0.25, 0.3) is 0 Å². The van der Waals surface area contributed by atoms with Crippen molar-refractivity contribution in [3.05, 3.63) is 22.1 Å². The van der Waals surface area contributed by atoms with Crippen LogP contribution in [0.5, 0.6) is 0 Å². The topological polar surface area (TPSA) is 38.9 Å². The van der Waals surface area contributed by atoms with Crippen molar-refractivity contribution in [1.29, 1.82) is 0 Å². The Morgan fingerprint density at radius 3 is 2.33 bits per heavy atom. The number of halogens is 5. The van der Waals surface area contributed by atoms with E-state index in [1.165, 1.54) is 6.92 Å². The SMILES string of the molecule is CCc1nc(N)c(F)c(Cl)c1C(F)(F)F. The van der Waals surface area contributed by atoms with Gasteiger partial charge >= 0.3 is 6.18 Å². The Kier molecular flexibility index (Phi) is 3.08. The number of nitrogens with two attached hydrogens (primary N) is 1. The average molecular weight is 243 g/mol. The van der Waals surface area contributed by atoms with Gasteiger partial charge in [0, 0.05) is 0 Å². The minimum atomic E-state index is -4.73. The van der Waals surface area contributed by atoms with Crippen molar-refractivity contribution in [2.45, 2.75) is 19.5 Å². The number of anilines is 1. The summed E-state index contributed by atoms with van der Waals surface area (Å²) in [6.07, 6.45) is -4.76. The molecular weight excluding hydrogens is 236 g/mol. The first-order valence-corrected chi connectivity index (χ1v) is 4.37. The Hall–Kier alpha value is -1.04. The fourth-order valence-electron chi connectivity index (χ4n) is 1.14. The van der Waals surface area contributed by atoms with Crippen LogP contribution in [0, 0.1) is 5.82 Å². The predicted octanol–water partition coefficient (Wildman–Crippen LogP) is 3.04. The van der Waals surface area contributed by atoms with Gasteiger partial charge in [-0.3, -0.25) is 0 Å². The van der Waals surface area contributed by atoms with Gasteiger partial charge in [-0.15, -0.1) is 0 Å². The average Bonchev–Trinajstić information content (AvgIpc) is 2.11. The minimum Gasteiger partial charge on any atom is -0.381 e. The van der Waals surface area contributed by atoms with Crippen LogP contribution in [-0.4, -0.2) is 4.98 Å². The normalized spacial score (nSPS) is 11.9. The molecule has 0 fully saturated rings. The van der Waals surface area contributed by atoms with Crippen LogP contribution in [0.4, 0.5) is 23.4 Å². The molecule has 0 bridgehead atoms. The lowest BCUT2D eigenvalue weighted by Gasteiger charge is -2.14. The maximum absolute atomic E-state index is 13.0. The molecule has 84 valence electrons. The van der Waals surface area contributed by atoms with E-state index in [0.29, 0.717) is 0 Å². The molecule has 7 heteroatoms. The number of aromatic nitrogens is 1. The fourth-order valence-corrected chi connectivity index (χ4v) is 1.46. The van der Waals surface area contributed by atoms with E-state index in [1.807, 2.05) is 0 Å². The molecule has 1 aromatic rings. The van der Waals surface area contributed by atoms with Gasteiger partial charge in [0.05, 0.1) is 16.3 Å². The van der Waals surface area contributed by atoms with Gasteiger partial charge in [0.25, 0.3) is 0 Å². The molecule has 0 aliphatic heterocycles. The zero-order chi connectivity index (χ0) is 11.8. The standard InChI is InChI=1S/C8H7ClF4N2/c1-2-3-4(8(11,12)13)5(9)6(10)7(14)15-3/h2H2,1H3,(H2,14,15). The molecule has 1 aromatic heterocycles. The number of pyridine rings is 1. The number of hydrogen-bond acceptors (Lipinski definition) is 2. The highest BCUT2D eigenvalue weighted by Gasteiger charge is 2.38. The van der Waals surface area contributed by atoms with E-state index in [9.17, 15) is 17.6 Å². The quantitative estimate of drug-likeness (QED) is 0.769. The van der Waals surface area contributed by atoms with Crippen LogP contribution in [0.15, 0.2) is 0 Å². The zero-order valence-electron chi connectivity index (χ0n) is 7.62. The molecule has 0 radical (unpaired) electrons. The number of aryl methyl sites for hydroxylation is 1. The van der Waals surface area contributed by atoms with E-state index in [-0.39, 0.29) is 12.1 Å². The number of nitrogen functional groups attached to an aromatic ring is 1. The van der Waals surface area contributed by atoms with Gasteiger partial charge in [-0.2, -0.15) is 13.2 Å². The van der Waals surface area contributed by atoms with E-state index < -0.39 is 28.4 Å². The van der Waals surface area contributed by atoms with Gasteiger partial charge in [-0.1, -0.05) is 18.5 Å². The van der Waals surface area contributed by atoms with Crippen molar-refractivity contribution in [1.82, 2.24) is 4.98 Å². The van der Waals surface area contributed by atoms with Gasteiger partial charge in [0.15, 0.2) is 11.6 Å². The third kappa shape index (κ3) is 2.14. The van der Waals surface area contributed by atoms with E-state index in [2.05, 4.69) is 4.98 Å². The Balaban J connectivity index is 3.55. The maximum atomic E-state index is 13.0. The first-order valence-electron chi connectivity index (χ1n) is 3.99. The smallest absolute Gasteiger partial charge is 0.381 e. The Morgan fingerprint density at radius 2 is 1.93 bits per heavy atom. The summed E-state index contributed by atoms with van der Waals surface area (Å²) in [6, 6.07) is 0. The fraction of sp³-hybridized carbons (Fsp3) is 0.375. The van der Waals surface area contributed by atoms with Crippen LogP contribution >= 0.6 is 11.6 Å². The maximum Gasteiger partial charge on any atom is 0.419 e. The lowest BCUT2D eigenvalue weighted by molar-refractivity contribution is -0.138. The molecule has 2 nitrogen and oxygen atoms in total. The monoisotopic (exact) mass is 242 g/mol. The van der Waals surface area contributed by atoms with E-state index in [0.717, 1.165) is 0 Å². The molecule has 0 atom stereocenters. The van der Waals surface area contributed by atoms with E-state index in [4.69, 9.17) is 17.3 Å². The second kappa shape index (κ2) is 3.84. The van der Waals surface area contributed by atoms with Crippen molar-refractivity contribution in [2.24, 2.45) is 0 Å². The molecule has 1 heterocycles. The summed E-state index contributed by atoms with van der Waals surface area (Å²) in [5, 5.41) is -1.02. The summed E-state index contributed by atoms with van der Waals surface area (Å²) in [6.45, 7) is 1.45. The molecule has 2 N–H and O–H groups in total. The lowest BCUT2D eigenvalue weighted by Crippen LogP contribution is -2.14. The molecule has 0 amide bonds. The van der Waals surface area contributed by atoms with Crippen molar-refractivity contribution in [3.8, 4) is 0 Å². The van der Waals surface area contributed by atoms with Gasteiger partial charge in [-0.25, -0.2) is 9.37 Å². The van der Waals surface area contributed by atoms with Crippen LogP contribution in [0.3, 0.4) is 0 Å². The lowest BCUT2D eigenvalue weighted by atomic mass is 10.1. The second-order valence-electron chi connectivity index (χ2n) is 2.80. The molecule has 0 aromatic carbocycles. The first kappa shape index (κ1) is 12.0. The van der Waals surface area contributed by atoms with E-state index in [1.54, 1.807) is 0 Å². The molecule has 0 unspecified atom stereocenters. The Morgan fingerprint density at radius 1 is 1.40 bits per heavy atom. The van der Waals surface area contributed by atoms with Crippen molar-refractivity contribution >= 4 is 17.4 Å². The molecule has 1 rings (SSSR count). The second-order valence-corrected chi connectivity index (χ2v) is 3.18. The summed E-state index contributed by atoms with van der Waals surface area (Å²) in [5.41, 5.74) is 3.46. The molecule has 15 heavy (non-hydrogen) atoms. The minimum absolute atomic E-state index is 0.0287. The van der Waals surface area contributed by atoms with E-state index >= 15 is 0 Å². The number of hydrogen-bond donors (Lipinski definition) is 1. The highest BCUT2D eigenvalue weighted by atomic mass is 35.5. The highest BCUT2D eigenvalue weighted by Crippen LogP contribution is 2.39. The Bertz CT molecular complexity index is 389. The molecule has 0 aliphatic carbocycles. The summed E-state index contributed by atoms with van der Waals surface area (Å²) in [5.74, 6) is -1.95. The third-order valence-corrected chi connectivity index (χ3v) is 2.15. The predicted molar refractivity (Wildman–Crippen MR) is 48.0 cm³/mol. The highest BCUT2D eigenvalue weighted by molar-refractivity contribution is 6.31. The zero-order valence-corrected chi connectivity index (χ0v) is 8.38. The first-order chi connectivity index (χ1) is 6.79. The van der Waals surface area contributed by atoms with Gasteiger partial charge in [0.2, 0.25) is 0 Å². The molecule has 0 saturated carbocycles. The Labute approximate surface area is 88.1 Å². The summed E-state index contributed by atoms with van der Waals surface area (Å²) in [7, 11) is 0. The number of alkyl halides is 3. The summed E-state index contributed by atoms with van der Waals surface area (Å²) in [4.78, 5) is 3.32. The van der Waals surface area contributed by atoms with Crippen molar-refractivity contribution in [2.75, 3.05) is 5.73 Å². The molecular formula is C8H7ClF4N2. The number of rotatable bonds is 1.